The minimum Gasteiger partial charge on any atom is -0.469 e. The number of nitrogens with zero attached hydrogens (tertiary/aromatic N) is 4. The van der Waals surface area contributed by atoms with Gasteiger partial charge in [-0.15, -0.1) is 0 Å². The molecular formula is C15H16N6O4. The lowest BCUT2D eigenvalue weighted by molar-refractivity contribution is 0.0118. The van der Waals surface area contributed by atoms with E-state index < -0.39 is 0 Å². The second-order valence-electron chi connectivity index (χ2n) is 5.55. The monoisotopic (exact) mass is 344 g/mol. The van der Waals surface area contributed by atoms with Crippen LogP contribution in [-0.4, -0.2) is 51.0 Å². The van der Waals surface area contributed by atoms with E-state index in [1.165, 1.54) is 6.33 Å². The van der Waals surface area contributed by atoms with Gasteiger partial charge in [0.2, 0.25) is 0 Å². The van der Waals surface area contributed by atoms with Crippen molar-refractivity contribution in [2.45, 2.75) is 13.0 Å². The average molecular weight is 344 g/mol. The first kappa shape index (κ1) is 15.4. The predicted molar refractivity (Wildman–Crippen MR) is 84.6 cm³/mol. The summed E-state index contributed by atoms with van der Waals surface area (Å²) in [7, 11) is 0. The molecule has 4 heterocycles. The van der Waals surface area contributed by atoms with Crippen LogP contribution in [0.25, 0.3) is 11.3 Å². The molecule has 0 bridgehead atoms. The van der Waals surface area contributed by atoms with Crippen LogP contribution in [0.5, 0.6) is 0 Å². The van der Waals surface area contributed by atoms with Gasteiger partial charge in [0.15, 0.2) is 11.6 Å². The molecule has 3 aromatic rings. The van der Waals surface area contributed by atoms with Gasteiger partial charge in [-0.05, 0) is 13.0 Å². The normalized spacial score (nSPS) is 17.6. The van der Waals surface area contributed by atoms with Gasteiger partial charge in [0, 0.05) is 12.6 Å². The average Bonchev–Trinajstić information content (AvgIpc) is 3.36. The van der Waals surface area contributed by atoms with Crippen molar-refractivity contribution in [3.63, 3.8) is 0 Å². The highest BCUT2D eigenvalue weighted by Gasteiger charge is 2.31. The number of amides is 2. The molecule has 10 nitrogen and oxygen atoms in total. The first-order valence-corrected chi connectivity index (χ1v) is 7.74. The van der Waals surface area contributed by atoms with Crippen LogP contribution in [0, 0.1) is 6.92 Å². The third kappa shape index (κ3) is 2.98. The molecule has 1 aliphatic heterocycles. The van der Waals surface area contributed by atoms with E-state index in [0.717, 1.165) is 5.56 Å². The maximum atomic E-state index is 12.6. The van der Waals surface area contributed by atoms with Gasteiger partial charge >= 0.3 is 6.03 Å². The first-order chi connectivity index (χ1) is 12.2. The maximum absolute atomic E-state index is 12.6. The maximum Gasteiger partial charge on any atom is 0.323 e. The van der Waals surface area contributed by atoms with E-state index in [4.69, 9.17) is 13.7 Å². The van der Waals surface area contributed by atoms with Crippen molar-refractivity contribution in [3.8, 4) is 11.3 Å². The van der Waals surface area contributed by atoms with Gasteiger partial charge in [0.05, 0.1) is 25.0 Å². The van der Waals surface area contributed by atoms with Crippen molar-refractivity contribution in [3.05, 3.63) is 36.3 Å². The second-order valence-corrected chi connectivity index (χ2v) is 5.55. The number of hydrogen-bond donors (Lipinski definition) is 2. The fourth-order valence-corrected chi connectivity index (χ4v) is 2.73. The Morgan fingerprint density at radius 2 is 2.40 bits per heavy atom. The Labute approximate surface area is 142 Å². The van der Waals surface area contributed by atoms with Gasteiger partial charge in [0.25, 0.3) is 0 Å². The van der Waals surface area contributed by atoms with Crippen molar-refractivity contribution in [2.75, 3.05) is 25.1 Å². The van der Waals surface area contributed by atoms with Crippen LogP contribution in [0.3, 0.4) is 0 Å². The minimum absolute atomic E-state index is 0.312. The van der Waals surface area contributed by atoms with Crippen molar-refractivity contribution in [1.29, 1.82) is 0 Å². The summed E-state index contributed by atoms with van der Waals surface area (Å²) in [6, 6.07) is 2.79. The molecule has 1 atom stereocenters. The lowest BCUT2D eigenvalue weighted by Gasteiger charge is -2.33. The molecule has 0 radical (unpaired) electrons. The number of carbonyl (C=O) groups is 1. The third-order valence-electron chi connectivity index (χ3n) is 4.01. The van der Waals surface area contributed by atoms with E-state index in [1.807, 2.05) is 6.92 Å². The summed E-state index contributed by atoms with van der Waals surface area (Å²) in [6.45, 7) is 3.06. The number of carbonyl (C=O) groups excluding carboxylic acids is 1. The standard InChI is InChI=1S/C15H16N6O4/c1-9-10(2-4-24-9)12-6-13(20-25-12)18-15(22)21-3-5-23-7-11(21)14-16-8-17-19-14/h2,4,6,8,11H,3,5,7H2,1H3,(H,16,17,19)(H,18,20,22)/t11-/m1/s1. The molecule has 0 aromatic carbocycles. The quantitative estimate of drug-likeness (QED) is 0.744. The summed E-state index contributed by atoms with van der Waals surface area (Å²) in [6.07, 6.45) is 2.97. The lowest BCUT2D eigenvalue weighted by atomic mass is 10.2. The van der Waals surface area contributed by atoms with Crippen LogP contribution in [0.15, 0.2) is 33.7 Å². The Balaban J connectivity index is 1.49. The number of rotatable bonds is 3. The smallest absolute Gasteiger partial charge is 0.323 e. The van der Waals surface area contributed by atoms with Crippen molar-refractivity contribution < 1.29 is 18.5 Å². The second kappa shape index (κ2) is 6.40. The van der Waals surface area contributed by atoms with Crippen LogP contribution >= 0.6 is 0 Å². The third-order valence-corrected chi connectivity index (χ3v) is 4.01. The molecule has 25 heavy (non-hydrogen) atoms. The molecule has 130 valence electrons. The number of aromatic amines is 1. The number of aromatic nitrogens is 4. The summed E-state index contributed by atoms with van der Waals surface area (Å²) in [5.41, 5.74) is 0.791. The zero-order valence-corrected chi connectivity index (χ0v) is 13.4. The number of ether oxygens (including phenoxy) is 1. The molecule has 0 aliphatic carbocycles. The summed E-state index contributed by atoms with van der Waals surface area (Å²) in [5.74, 6) is 2.14. The number of furan rings is 1. The van der Waals surface area contributed by atoms with E-state index in [0.29, 0.717) is 42.9 Å². The molecule has 1 fully saturated rings. The number of aryl methyl sites for hydroxylation is 1. The molecular weight excluding hydrogens is 328 g/mol. The number of morpholine rings is 1. The van der Waals surface area contributed by atoms with E-state index in [2.05, 4.69) is 25.7 Å². The molecule has 0 unspecified atom stereocenters. The van der Waals surface area contributed by atoms with Gasteiger partial charge in [-0.25, -0.2) is 9.78 Å². The number of nitrogens with one attached hydrogen (secondary N) is 2. The molecule has 10 heteroatoms. The fourth-order valence-electron chi connectivity index (χ4n) is 2.73. The highest BCUT2D eigenvalue weighted by molar-refractivity contribution is 5.89. The van der Waals surface area contributed by atoms with Gasteiger partial charge in [-0.2, -0.15) is 5.10 Å². The Morgan fingerprint density at radius 1 is 1.48 bits per heavy atom. The largest absolute Gasteiger partial charge is 0.469 e. The molecule has 3 aromatic heterocycles. The topological polar surface area (TPSA) is 122 Å². The molecule has 1 aliphatic rings. The Hall–Kier alpha value is -3.14. The highest BCUT2D eigenvalue weighted by Crippen LogP contribution is 2.27. The Morgan fingerprint density at radius 3 is 3.16 bits per heavy atom. The SMILES string of the molecule is Cc1occc1-c1cc(NC(=O)N2CCOC[C@@H]2c2ncn[nH]2)no1. The molecule has 0 spiro atoms. The zero-order chi connectivity index (χ0) is 17.2. The number of hydrogen-bond acceptors (Lipinski definition) is 7. The van der Waals surface area contributed by atoms with Crippen LogP contribution in [0.1, 0.15) is 17.6 Å². The van der Waals surface area contributed by atoms with Crippen LogP contribution in [0.4, 0.5) is 10.6 Å². The van der Waals surface area contributed by atoms with Gasteiger partial charge in [-0.1, -0.05) is 5.16 Å². The Bertz CT molecular complexity index is 855. The summed E-state index contributed by atoms with van der Waals surface area (Å²) >= 11 is 0. The van der Waals surface area contributed by atoms with E-state index in [-0.39, 0.29) is 12.1 Å². The summed E-state index contributed by atoms with van der Waals surface area (Å²) < 4.78 is 16.0. The Kier molecular flexibility index (Phi) is 3.94. The molecule has 1 saturated heterocycles. The first-order valence-electron chi connectivity index (χ1n) is 7.74. The molecule has 0 saturated carbocycles. The fraction of sp³-hybridized carbons (Fsp3) is 0.333. The minimum atomic E-state index is -0.335. The number of urea groups is 1. The number of anilines is 1. The van der Waals surface area contributed by atoms with E-state index in [1.54, 1.807) is 23.3 Å². The lowest BCUT2D eigenvalue weighted by Crippen LogP contribution is -2.45. The van der Waals surface area contributed by atoms with Gasteiger partial charge in [0.1, 0.15) is 24.0 Å². The number of H-pyrrole nitrogens is 1. The molecule has 2 N–H and O–H groups in total. The van der Waals surface area contributed by atoms with Crippen LogP contribution < -0.4 is 5.32 Å². The van der Waals surface area contributed by atoms with Gasteiger partial charge < -0.3 is 18.6 Å². The molecule has 2 amide bonds. The van der Waals surface area contributed by atoms with Crippen LogP contribution in [0.2, 0.25) is 0 Å². The van der Waals surface area contributed by atoms with Crippen molar-refractivity contribution in [1.82, 2.24) is 25.2 Å². The summed E-state index contributed by atoms with van der Waals surface area (Å²) in [4.78, 5) is 18.4. The predicted octanol–water partition coefficient (Wildman–Crippen LogP) is 1.97. The highest BCUT2D eigenvalue weighted by atomic mass is 16.5. The van der Waals surface area contributed by atoms with E-state index in [9.17, 15) is 4.79 Å². The van der Waals surface area contributed by atoms with Gasteiger partial charge in [-0.3, -0.25) is 10.4 Å². The zero-order valence-electron chi connectivity index (χ0n) is 13.4. The van der Waals surface area contributed by atoms with Crippen LogP contribution in [-0.2, 0) is 4.74 Å². The van der Waals surface area contributed by atoms with Crippen molar-refractivity contribution in [2.24, 2.45) is 0 Å². The summed E-state index contributed by atoms with van der Waals surface area (Å²) in [5, 5.41) is 13.2. The van der Waals surface area contributed by atoms with E-state index >= 15 is 0 Å². The van der Waals surface area contributed by atoms with Crippen molar-refractivity contribution >= 4 is 11.8 Å². The molecule has 4 rings (SSSR count).